The van der Waals surface area contributed by atoms with Crippen molar-refractivity contribution in [2.75, 3.05) is 35.6 Å². The largest absolute Gasteiger partial charge is 0.478 e. The molecule has 0 aliphatic carbocycles. The number of aliphatic carboxylic acids is 2. The summed E-state index contributed by atoms with van der Waals surface area (Å²) in [6.07, 6.45) is 5.03. The van der Waals surface area contributed by atoms with Gasteiger partial charge in [-0.1, -0.05) is 11.2 Å². The Morgan fingerprint density at radius 1 is 1.35 bits per heavy atom. The number of carboxylic acids is 2. The summed E-state index contributed by atoms with van der Waals surface area (Å²) in [5.74, 6) is -3.93. The molecule has 1 unspecified atom stereocenters. The second kappa shape index (κ2) is 13.6. The van der Waals surface area contributed by atoms with E-state index in [4.69, 9.17) is 27.1 Å². The number of nitrogens with zero attached hydrogens (tertiary/aromatic N) is 5. The van der Waals surface area contributed by atoms with E-state index in [0.29, 0.717) is 36.7 Å². The molecule has 43 heavy (non-hydrogen) atoms. The predicted octanol–water partition coefficient (Wildman–Crippen LogP) is -0.360. The number of thioether (sulfide) groups is 1. The van der Waals surface area contributed by atoms with Crippen LogP contribution >= 0.6 is 23.1 Å². The number of thiazole rings is 1. The highest BCUT2D eigenvalue weighted by Gasteiger charge is 2.54. The van der Waals surface area contributed by atoms with Crippen molar-refractivity contribution < 1.29 is 38.8 Å². The summed E-state index contributed by atoms with van der Waals surface area (Å²) in [4.78, 5) is 64.1. The number of β-lactam (4-membered cyclic amide) rings is 1. The highest BCUT2D eigenvalue weighted by molar-refractivity contribution is 8.00. The maximum absolute atomic E-state index is 13.2. The summed E-state index contributed by atoms with van der Waals surface area (Å²) in [7, 11) is 0. The molecule has 16 nitrogen and oxygen atoms in total. The Morgan fingerprint density at radius 2 is 2.12 bits per heavy atom. The van der Waals surface area contributed by atoms with E-state index in [1.807, 2.05) is 0 Å². The lowest BCUT2D eigenvalue weighted by Gasteiger charge is -2.49. The summed E-state index contributed by atoms with van der Waals surface area (Å²) in [6, 6.07) is 0. The topological polar surface area (TPSA) is 253 Å². The van der Waals surface area contributed by atoms with E-state index >= 15 is 0 Å². The van der Waals surface area contributed by atoms with Gasteiger partial charge in [0.25, 0.3) is 12.1 Å². The van der Waals surface area contributed by atoms with Crippen LogP contribution in [0.4, 0.5) is 16.6 Å². The lowest BCUT2D eigenvalue weighted by Crippen LogP contribution is -2.62. The molecule has 228 valence electrons. The first-order chi connectivity index (χ1) is 20.5. The van der Waals surface area contributed by atoms with Gasteiger partial charge < -0.3 is 37.6 Å². The summed E-state index contributed by atoms with van der Waals surface area (Å²) < 4.78 is 1.75. The standard InChI is InChI=1S/C25H29N9O7S2/c1-12(23(37)38)41-32-18(16-10-43-25(28)31-16)17(35)7-14-21(36)34-19(24(39)40)13(9-42-22(14)34)3-2-6-33-8-15(29-5-4-26)20(27)30-11-33/h2-3,8,10-12,14,22,27,29H,4-7,9,26H2,1H3,(H4,28,31,37,38,39,40)/p+1/b3-2+,32-18-/t12-,14+,22?/m0/s1. The van der Waals surface area contributed by atoms with Crippen LogP contribution in [0, 0.1) is 5.92 Å². The Bertz CT molecular complexity index is 1520. The SMILES string of the molecule is C[C@H](O/N=C(\C(=O)C[C@@H]1C(=O)N2C(C(=O)O)=C(/C=C/C[n+]3cnc(N)c(NCCN)c3)CSC12)c1csc(N)n1)C(=O)O. The van der Waals surface area contributed by atoms with E-state index in [-0.39, 0.29) is 34.4 Å². The number of allylic oxidation sites excluding steroid dienone is 2. The van der Waals surface area contributed by atoms with Crippen molar-refractivity contribution in [1.82, 2.24) is 14.9 Å². The number of Topliss-reactive ketones (excluding diaryl/α,β-unsaturated/α-hetero) is 1. The molecule has 1 amide bonds. The first kappa shape index (κ1) is 31.4. The van der Waals surface area contributed by atoms with Crippen LogP contribution in [0.3, 0.4) is 0 Å². The van der Waals surface area contributed by atoms with Gasteiger partial charge >= 0.3 is 11.9 Å². The van der Waals surface area contributed by atoms with Gasteiger partial charge in [0.1, 0.15) is 29.8 Å². The number of nitrogen functional groups attached to an aromatic ring is 2. The van der Waals surface area contributed by atoms with Crippen molar-refractivity contribution >= 4 is 69.1 Å². The molecule has 0 bridgehead atoms. The fourth-order valence-corrected chi connectivity index (χ4v) is 6.18. The minimum Gasteiger partial charge on any atom is -0.478 e. The molecule has 4 rings (SSSR count). The van der Waals surface area contributed by atoms with E-state index < -0.39 is 41.0 Å². The predicted molar refractivity (Wildman–Crippen MR) is 158 cm³/mol. The number of ketones is 1. The maximum atomic E-state index is 13.2. The van der Waals surface area contributed by atoms with Crippen molar-refractivity contribution in [3.05, 3.63) is 47.0 Å². The monoisotopic (exact) mass is 632 g/mol. The highest BCUT2D eigenvalue weighted by atomic mass is 32.2. The van der Waals surface area contributed by atoms with Gasteiger partial charge in [-0.05, 0) is 23.6 Å². The summed E-state index contributed by atoms with van der Waals surface area (Å²) >= 11 is 2.38. The average molecular weight is 633 g/mol. The number of anilines is 3. The van der Waals surface area contributed by atoms with Crippen LogP contribution in [0.15, 0.2) is 46.5 Å². The van der Waals surface area contributed by atoms with E-state index in [2.05, 4.69) is 20.4 Å². The number of amides is 1. The molecular weight excluding hydrogens is 602 g/mol. The molecule has 3 atom stereocenters. The number of oxime groups is 1. The zero-order valence-electron chi connectivity index (χ0n) is 22.9. The van der Waals surface area contributed by atoms with Crippen LogP contribution in [0.25, 0.3) is 0 Å². The maximum Gasteiger partial charge on any atom is 0.352 e. The smallest absolute Gasteiger partial charge is 0.352 e. The van der Waals surface area contributed by atoms with Gasteiger partial charge in [0.2, 0.25) is 12.0 Å². The van der Waals surface area contributed by atoms with Crippen molar-refractivity contribution in [3.8, 4) is 0 Å². The molecule has 1 saturated heterocycles. The van der Waals surface area contributed by atoms with Crippen molar-refractivity contribution in [2.24, 2.45) is 16.8 Å². The molecule has 2 aromatic heterocycles. The molecule has 4 heterocycles. The number of carbonyl (C=O) groups is 4. The molecule has 0 aromatic carbocycles. The molecule has 1 fully saturated rings. The number of aromatic nitrogens is 3. The average Bonchev–Trinajstić information content (AvgIpc) is 3.40. The summed E-state index contributed by atoms with van der Waals surface area (Å²) in [6.45, 7) is 2.52. The van der Waals surface area contributed by atoms with Gasteiger partial charge in [0.15, 0.2) is 16.6 Å². The number of hydrogen-bond donors (Lipinski definition) is 6. The van der Waals surface area contributed by atoms with Crippen LogP contribution in [0.5, 0.6) is 0 Å². The Labute approximate surface area is 253 Å². The number of carbonyl (C=O) groups excluding carboxylic acids is 2. The lowest BCUT2D eigenvalue weighted by atomic mass is 9.89. The lowest BCUT2D eigenvalue weighted by molar-refractivity contribution is -0.689. The molecule has 2 aromatic rings. The molecule has 2 aliphatic rings. The zero-order chi connectivity index (χ0) is 31.3. The Morgan fingerprint density at radius 3 is 2.77 bits per heavy atom. The van der Waals surface area contributed by atoms with E-state index in [1.54, 1.807) is 22.9 Å². The summed E-state index contributed by atoms with van der Waals surface area (Å²) in [5.41, 5.74) is 17.8. The number of rotatable bonds is 14. The highest BCUT2D eigenvalue weighted by Crippen LogP contribution is 2.45. The number of hydrogen-bond acceptors (Lipinski definition) is 14. The third-order valence-corrected chi connectivity index (χ3v) is 8.44. The third kappa shape index (κ3) is 7.09. The minimum absolute atomic E-state index is 0.0833. The summed E-state index contributed by atoms with van der Waals surface area (Å²) in [5, 5.41) is 26.9. The number of fused-ring (bicyclic) bond motifs is 1. The third-order valence-electron chi connectivity index (χ3n) is 6.41. The Kier molecular flexibility index (Phi) is 9.94. The van der Waals surface area contributed by atoms with Gasteiger partial charge in [-0.15, -0.1) is 23.1 Å². The second-order valence-electron chi connectivity index (χ2n) is 9.41. The first-order valence-electron chi connectivity index (χ1n) is 12.9. The number of nitrogens with one attached hydrogen (secondary N) is 1. The second-order valence-corrected chi connectivity index (χ2v) is 11.4. The molecule has 0 radical (unpaired) electrons. The zero-order valence-corrected chi connectivity index (χ0v) is 24.5. The van der Waals surface area contributed by atoms with Crippen LogP contribution in [-0.2, 0) is 30.6 Å². The molecule has 0 spiro atoms. The Hall–Kier alpha value is -4.55. The molecular formula is C25H30N9O7S2+. The van der Waals surface area contributed by atoms with Gasteiger partial charge in [-0.3, -0.25) is 14.5 Å². The van der Waals surface area contributed by atoms with E-state index in [9.17, 15) is 24.3 Å². The van der Waals surface area contributed by atoms with E-state index in [0.717, 1.165) is 11.3 Å². The van der Waals surface area contributed by atoms with Crippen molar-refractivity contribution in [2.45, 2.75) is 31.4 Å². The quantitative estimate of drug-likeness (QED) is 0.0673. The Balaban J connectivity index is 1.48. The molecule has 18 heteroatoms. The normalized spacial score (nSPS) is 19.2. The van der Waals surface area contributed by atoms with Crippen molar-refractivity contribution in [3.63, 3.8) is 0 Å². The van der Waals surface area contributed by atoms with Gasteiger partial charge in [-0.25, -0.2) is 19.1 Å². The van der Waals surface area contributed by atoms with Gasteiger partial charge in [0, 0.05) is 30.6 Å². The van der Waals surface area contributed by atoms with Crippen LogP contribution in [0.2, 0.25) is 0 Å². The fraction of sp³-hybridized carbons (Fsp3) is 0.360. The van der Waals surface area contributed by atoms with Gasteiger partial charge in [0.05, 0.1) is 11.3 Å². The number of nitrogens with two attached hydrogens (primary N) is 3. The molecule has 0 saturated carbocycles. The molecule has 9 N–H and O–H groups in total. The minimum atomic E-state index is -1.34. The fourth-order valence-electron chi connectivity index (χ4n) is 4.25. The van der Waals surface area contributed by atoms with Gasteiger partial charge in [-0.2, -0.15) is 0 Å². The van der Waals surface area contributed by atoms with E-state index in [1.165, 1.54) is 35.3 Å². The molecule has 2 aliphatic heterocycles. The van der Waals surface area contributed by atoms with Crippen LogP contribution < -0.4 is 27.1 Å². The first-order valence-corrected chi connectivity index (χ1v) is 14.8. The van der Waals surface area contributed by atoms with Crippen LogP contribution in [0.1, 0.15) is 19.0 Å². The number of carboxylic acid groups (broad SMARTS) is 2. The van der Waals surface area contributed by atoms with Crippen LogP contribution in [-0.4, -0.2) is 84.7 Å². The van der Waals surface area contributed by atoms with Crippen molar-refractivity contribution in [1.29, 1.82) is 0 Å².